The molecule has 1 N–H and O–H groups in total. The molecule has 0 atom stereocenters. The number of amides is 1. The van der Waals surface area contributed by atoms with Gasteiger partial charge in [0, 0.05) is 19.3 Å². The molecule has 3 aromatic rings. The summed E-state index contributed by atoms with van der Waals surface area (Å²) < 4.78 is 0. The third-order valence-corrected chi connectivity index (χ3v) is 4.95. The highest BCUT2D eigenvalue weighted by atomic mass is 32.1. The molecule has 0 fully saturated rings. The zero-order valence-corrected chi connectivity index (χ0v) is 14.5. The minimum absolute atomic E-state index is 0.0819. The number of aromatic nitrogens is 1. The molecule has 3 rings (SSSR count). The molecule has 0 spiro atoms. The van der Waals surface area contributed by atoms with Crippen molar-refractivity contribution in [2.75, 3.05) is 11.9 Å². The number of hydrogen-bond donors (Lipinski definition) is 1. The predicted molar refractivity (Wildman–Crippen MR) is 99.0 cm³/mol. The van der Waals surface area contributed by atoms with Gasteiger partial charge in [0.1, 0.15) is 4.88 Å². The largest absolute Gasteiger partial charge is 0.347 e. The molecular formula is C19H19N3OS. The van der Waals surface area contributed by atoms with Gasteiger partial charge in [-0.25, -0.2) is 4.98 Å². The first-order valence-electron chi connectivity index (χ1n) is 7.73. The third-order valence-electron chi connectivity index (χ3n) is 3.72. The van der Waals surface area contributed by atoms with Crippen LogP contribution in [0.2, 0.25) is 0 Å². The van der Waals surface area contributed by atoms with Gasteiger partial charge in [0.2, 0.25) is 0 Å². The molecule has 122 valence electrons. The summed E-state index contributed by atoms with van der Waals surface area (Å²) in [5.41, 5.74) is 2.88. The van der Waals surface area contributed by atoms with Crippen molar-refractivity contribution >= 4 is 28.1 Å². The lowest BCUT2D eigenvalue weighted by Crippen LogP contribution is -2.22. The smallest absolute Gasteiger partial charge is 0.263 e. The van der Waals surface area contributed by atoms with Crippen LogP contribution in [0.15, 0.2) is 60.7 Å². The van der Waals surface area contributed by atoms with Crippen LogP contribution < -0.4 is 10.2 Å². The first-order valence-corrected chi connectivity index (χ1v) is 8.55. The molecule has 1 amide bonds. The number of hydrogen-bond acceptors (Lipinski definition) is 4. The molecule has 0 saturated carbocycles. The van der Waals surface area contributed by atoms with E-state index in [4.69, 9.17) is 0 Å². The average Bonchev–Trinajstić information content (AvgIpc) is 3.02. The third kappa shape index (κ3) is 3.63. The summed E-state index contributed by atoms with van der Waals surface area (Å²) in [6, 6.07) is 19.9. The Morgan fingerprint density at radius 3 is 2.38 bits per heavy atom. The van der Waals surface area contributed by atoms with E-state index in [1.54, 1.807) is 0 Å². The summed E-state index contributed by atoms with van der Waals surface area (Å²) in [7, 11) is 1.96. The zero-order valence-electron chi connectivity index (χ0n) is 13.7. The molecule has 0 bridgehead atoms. The second kappa shape index (κ2) is 7.27. The number of benzene rings is 2. The normalized spacial score (nSPS) is 10.4. The topological polar surface area (TPSA) is 45.2 Å². The van der Waals surface area contributed by atoms with Gasteiger partial charge in [-0.15, -0.1) is 0 Å². The van der Waals surface area contributed by atoms with Gasteiger partial charge in [-0.05, 0) is 24.6 Å². The van der Waals surface area contributed by atoms with Gasteiger partial charge >= 0.3 is 0 Å². The van der Waals surface area contributed by atoms with E-state index in [9.17, 15) is 4.79 Å². The fourth-order valence-corrected chi connectivity index (χ4v) is 3.32. The van der Waals surface area contributed by atoms with Crippen LogP contribution in [0.3, 0.4) is 0 Å². The molecule has 0 radical (unpaired) electrons. The van der Waals surface area contributed by atoms with Crippen LogP contribution in [0.25, 0.3) is 0 Å². The first kappa shape index (κ1) is 16.2. The Hall–Kier alpha value is -2.66. The van der Waals surface area contributed by atoms with Crippen molar-refractivity contribution in [3.8, 4) is 0 Å². The maximum Gasteiger partial charge on any atom is 0.263 e. The van der Waals surface area contributed by atoms with E-state index in [2.05, 4.69) is 10.3 Å². The number of para-hydroxylation sites is 1. The predicted octanol–water partition coefficient (Wildman–Crippen LogP) is 4.15. The lowest BCUT2D eigenvalue weighted by atomic mass is 10.2. The van der Waals surface area contributed by atoms with E-state index in [0.717, 1.165) is 22.1 Å². The monoisotopic (exact) mass is 337 g/mol. The number of nitrogens with one attached hydrogen (secondary N) is 1. The fraction of sp³-hybridized carbons (Fsp3) is 0.158. The second-order valence-electron chi connectivity index (χ2n) is 5.47. The summed E-state index contributed by atoms with van der Waals surface area (Å²) in [5.74, 6) is -0.0819. The van der Waals surface area contributed by atoms with E-state index in [1.807, 2.05) is 79.5 Å². The molecule has 0 aliphatic carbocycles. The molecule has 0 aliphatic heterocycles. The summed E-state index contributed by atoms with van der Waals surface area (Å²) >= 11 is 1.41. The molecule has 1 aromatic heterocycles. The molecular weight excluding hydrogens is 318 g/mol. The SMILES string of the molecule is Cc1nc(N(C)c2ccccc2)sc1C(=O)NCc1ccccc1. The van der Waals surface area contributed by atoms with Crippen LogP contribution in [-0.2, 0) is 6.54 Å². The summed E-state index contributed by atoms with van der Waals surface area (Å²) in [5, 5.41) is 3.77. The molecule has 2 aromatic carbocycles. The van der Waals surface area contributed by atoms with Crippen molar-refractivity contribution in [1.29, 1.82) is 0 Å². The first-order chi connectivity index (χ1) is 11.6. The van der Waals surface area contributed by atoms with Gasteiger partial charge in [-0.3, -0.25) is 4.79 Å². The van der Waals surface area contributed by atoms with Crippen molar-refractivity contribution in [2.24, 2.45) is 0 Å². The molecule has 24 heavy (non-hydrogen) atoms. The molecule has 1 heterocycles. The Kier molecular flexibility index (Phi) is 4.91. The van der Waals surface area contributed by atoms with Crippen LogP contribution >= 0.6 is 11.3 Å². The Morgan fingerprint density at radius 2 is 1.71 bits per heavy atom. The lowest BCUT2D eigenvalue weighted by Gasteiger charge is -2.15. The maximum atomic E-state index is 12.5. The van der Waals surface area contributed by atoms with Gasteiger partial charge in [0.25, 0.3) is 5.91 Å². The van der Waals surface area contributed by atoms with E-state index < -0.39 is 0 Å². The molecule has 0 unspecified atom stereocenters. The van der Waals surface area contributed by atoms with E-state index in [-0.39, 0.29) is 5.91 Å². The van der Waals surface area contributed by atoms with Crippen molar-refractivity contribution < 1.29 is 4.79 Å². The number of aryl methyl sites for hydroxylation is 1. The van der Waals surface area contributed by atoms with E-state index in [0.29, 0.717) is 11.4 Å². The Labute approximate surface area is 145 Å². The van der Waals surface area contributed by atoms with Crippen molar-refractivity contribution in [3.05, 3.63) is 76.8 Å². The van der Waals surface area contributed by atoms with Crippen molar-refractivity contribution in [3.63, 3.8) is 0 Å². The number of carbonyl (C=O) groups is 1. The Bertz CT molecular complexity index is 815. The molecule has 4 nitrogen and oxygen atoms in total. The Morgan fingerprint density at radius 1 is 1.08 bits per heavy atom. The van der Waals surface area contributed by atoms with Gasteiger partial charge in [-0.1, -0.05) is 59.9 Å². The van der Waals surface area contributed by atoms with Gasteiger partial charge in [-0.2, -0.15) is 0 Å². The van der Waals surface area contributed by atoms with Gasteiger partial charge in [0.15, 0.2) is 5.13 Å². The number of thiazole rings is 1. The van der Waals surface area contributed by atoms with Crippen molar-refractivity contribution in [2.45, 2.75) is 13.5 Å². The molecule has 0 saturated heterocycles. The standard InChI is InChI=1S/C19H19N3OS/c1-14-17(18(23)20-13-15-9-5-3-6-10-15)24-19(21-14)22(2)16-11-7-4-8-12-16/h3-12H,13H2,1-2H3,(H,20,23). The second-order valence-corrected chi connectivity index (χ2v) is 6.45. The zero-order chi connectivity index (χ0) is 16.9. The summed E-state index contributed by atoms with van der Waals surface area (Å²) in [4.78, 5) is 19.6. The van der Waals surface area contributed by atoms with Gasteiger partial charge in [0.05, 0.1) is 5.69 Å². The number of anilines is 2. The Balaban J connectivity index is 1.72. The highest BCUT2D eigenvalue weighted by molar-refractivity contribution is 7.17. The maximum absolute atomic E-state index is 12.5. The highest BCUT2D eigenvalue weighted by Gasteiger charge is 2.17. The minimum atomic E-state index is -0.0819. The fourth-order valence-electron chi connectivity index (χ4n) is 2.36. The quantitative estimate of drug-likeness (QED) is 0.761. The van der Waals surface area contributed by atoms with Crippen LogP contribution in [0.5, 0.6) is 0 Å². The minimum Gasteiger partial charge on any atom is -0.347 e. The molecule has 5 heteroatoms. The highest BCUT2D eigenvalue weighted by Crippen LogP contribution is 2.30. The lowest BCUT2D eigenvalue weighted by molar-refractivity contribution is 0.0954. The summed E-state index contributed by atoms with van der Waals surface area (Å²) in [6.45, 7) is 2.39. The van der Waals surface area contributed by atoms with Crippen LogP contribution in [0.4, 0.5) is 10.8 Å². The van der Waals surface area contributed by atoms with E-state index in [1.165, 1.54) is 11.3 Å². The number of carbonyl (C=O) groups excluding carboxylic acids is 1. The van der Waals surface area contributed by atoms with Crippen LogP contribution in [0, 0.1) is 6.92 Å². The van der Waals surface area contributed by atoms with Crippen LogP contribution in [-0.4, -0.2) is 17.9 Å². The molecule has 0 aliphatic rings. The number of nitrogens with zero attached hydrogens (tertiary/aromatic N) is 2. The summed E-state index contributed by atoms with van der Waals surface area (Å²) in [6.07, 6.45) is 0. The van der Waals surface area contributed by atoms with Gasteiger partial charge < -0.3 is 10.2 Å². The van der Waals surface area contributed by atoms with E-state index >= 15 is 0 Å². The van der Waals surface area contributed by atoms with Crippen molar-refractivity contribution in [1.82, 2.24) is 10.3 Å². The average molecular weight is 337 g/mol. The van der Waals surface area contributed by atoms with Crippen LogP contribution in [0.1, 0.15) is 20.9 Å². The number of rotatable bonds is 5.